The fourth-order valence-electron chi connectivity index (χ4n) is 4.63. The summed E-state index contributed by atoms with van der Waals surface area (Å²) in [5.41, 5.74) is 4.56. The van der Waals surface area contributed by atoms with Crippen molar-refractivity contribution in [3.8, 4) is 5.75 Å². The molecule has 8 heteroatoms. The van der Waals surface area contributed by atoms with E-state index in [-0.39, 0.29) is 11.7 Å². The van der Waals surface area contributed by atoms with Crippen LogP contribution in [-0.2, 0) is 13.1 Å². The van der Waals surface area contributed by atoms with Crippen molar-refractivity contribution >= 4 is 11.6 Å². The van der Waals surface area contributed by atoms with Crippen LogP contribution in [0.5, 0.6) is 5.75 Å². The lowest BCUT2D eigenvalue weighted by Gasteiger charge is -2.29. The third-order valence-corrected chi connectivity index (χ3v) is 6.23. The number of piperidine rings is 1. The molecule has 5 nitrogen and oxygen atoms in total. The second-order valence-electron chi connectivity index (χ2n) is 8.72. The summed E-state index contributed by atoms with van der Waals surface area (Å²) in [7, 11) is 2.10. The Morgan fingerprint density at radius 2 is 1.84 bits per heavy atom. The average Bonchev–Trinajstić information content (AvgIpc) is 3.05. The van der Waals surface area contributed by atoms with E-state index in [2.05, 4.69) is 34.1 Å². The van der Waals surface area contributed by atoms with Crippen molar-refractivity contribution in [1.82, 2.24) is 10.2 Å². The number of carbonyl (C=O) groups is 1. The van der Waals surface area contributed by atoms with Crippen LogP contribution in [0.25, 0.3) is 0 Å². The second kappa shape index (κ2) is 9.02. The summed E-state index contributed by atoms with van der Waals surface area (Å²) in [4.78, 5) is 17.0. The molecule has 0 saturated carbocycles. The van der Waals surface area contributed by atoms with Crippen LogP contribution in [0.3, 0.4) is 0 Å². The minimum atomic E-state index is -4.72. The highest BCUT2D eigenvalue weighted by molar-refractivity contribution is 6.00. The van der Waals surface area contributed by atoms with Crippen molar-refractivity contribution in [1.29, 1.82) is 0 Å². The normalized spacial score (nSPS) is 16.9. The van der Waals surface area contributed by atoms with Gasteiger partial charge in [-0.3, -0.25) is 4.79 Å². The maximum Gasteiger partial charge on any atom is 0.573 e. The molecule has 0 unspecified atom stereocenters. The molecular formula is C24H28F3N3O2. The van der Waals surface area contributed by atoms with Crippen molar-refractivity contribution in [3.63, 3.8) is 0 Å². The number of amides is 1. The summed E-state index contributed by atoms with van der Waals surface area (Å²) in [5, 5.41) is 3.39. The van der Waals surface area contributed by atoms with Crippen LogP contribution in [-0.4, -0.2) is 43.9 Å². The third-order valence-electron chi connectivity index (χ3n) is 6.23. The molecule has 2 heterocycles. The van der Waals surface area contributed by atoms with Gasteiger partial charge in [0, 0.05) is 37.9 Å². The minimum absolute atomic E-state index is 0.0410. The van der Waals surface area contributed by atoms with Crippen LogP contribution in [0.1, 0.15) is 39.9 Å². The number of nitrogens with zero attached hydrogens (tertiary/aromatic N) is 2. The van der Waals surface area contributed by atoms with E-state index in [1.54, 1.807) is 17.0 Å². The number of ether oxygens (including phenoxy) is 1. The van der Waals surface area contributed by atoms with E-state index in [0.29, 0.717) is 19.0 Å². The molecular weight excluding hydrogens is 419 g/mol. The van der Waals surface area contributed by atoms with Gasteiger partial charge in [0.2, 0.25) is 0 Å². The molecule has 4 rings (SSSR count). The van der Waals surface area contributed by atoms with Gasteiger partial charge in [0.15, 0.2) is 0 Å². The Kier molecular flexibility index (Phi) is 6.33. The molecule has 0 radical (unpaired) electrons. The topological polar surface area (TPSA) is 44.8 Å². The number of aryl methyl sites for hydroxylation is 1. The monoisotopic (exact) mass is 447 g/mol. The molecule has 1 fully saturated rings. The van der Waals surface area contributed by atoms with Gasteiger partial charge in [-0.25, -0.2) is 0 Å². The highest BCUT2D eigenvalue weighted by atomic mass is 19.4. The Bertz CT molecular complexity index is 970. The Hall–Kier alpha value is -2.74. The summed E-state index contributed by atoms with van der Waals surface area (Å²) in [5.74, 6) is 0.354. The van der Waals surface area contributed by atoms with Crippen molar-refractivity contribution in [3.05, 3.63) is 58.7 Å². The first-order valence-electron chi connectivity index (χ1n) is 10.9. The maximum absolute atomic E-state index is 13.0. The molecule has 2 aromatic carbocycles. The molecule has 1 amide bonds. The van der Waals surface area contributed by atoms with Gasteiger partial charge < -0.3 is 19.9 Å². The van der Waals surface area contributed by atoms with Crippen molar-refractivity contribution in [2.75, 3.05) is 31.6 Å². The number of benzene rings is 2. The first kappa shape index (κ1) is 22.5. The lowest BCUT2D eigenvalue weighted by Crippen LogP contribution is -2.34. The Labute approximate surface area is 186 Å². The van der Waals surface area contributed by atoms with Gasteiger partial charge in [0.1, 0.15) is 5.75 Å². The van der Waals surface area contributed by atoms with Crippen LogP contribution in [0, 0.1) is 12.8 Å². The number of fused-ring (bicyclic) bond motifs is 1. The fraction of sp³-hybridized carbons (Fsp3) is 0.458. The van der Waals surface area contributed by atoms with Gasteiger partial charge >= 0.3 is 6.36 Å². The van der Waals surface area contributed by atoms with Gasteiger partial charge in [-0.15, -0.1) is 13.2 Å². The average molecular weight is 448 g/mol. The van der Waals surface area contributed by atoms with Crippen LogP contribution in [0.4, 0.5) is 18.9 Å². The number of nitrogens with one attached hydrogen (secondary N) is 1. The zero-order valence-electron chi connectivity index (χ0n) is 18.3. The molecule has 0 bridgehead atoms. The van der Waals surface area contributed by atoms with Gasteiger partial charge in [-0.2, -0.15) is 0 Å². The van der Waals surface area contributed by atoms with Gasteiger partial charge in [0.25, 0.3) is 5.91 Å². The van der Waals surface area contributed by atoms with Gasteiger partial charge in [-0.1, -0.05) is 12.1 Å². The summed E-state index contributed by atoms with van der Waals surface area (Å²) in [6.07, 6.45) is -2.37. The van der Waals surface area contributed by atoms with Crippen molar-refractivity contribution < 1.29 is 22.7 Å². The first-order valence-corrected chi connectivity index (χ1v) is 10.9. The highest BCUT2D eigenvalue weighted by Gasteiger charge is 2.32. The van der Waals surface area contributed by atoms with E-state index in [9.17, 15) is 18.0 Å². The molecule has 2 aromatic rings. The largest absolute Gasteiger partial charge is 0.573 e. The zero-order chi connectivity index (χ0) is 22.9. The molecule has 1 saturated heterocycles. The highest BCUT2D eigenvalue weighted by Crippen LogP contribution is 2.32. The quantitative estimate of drug-likeness (QED) is 0.709. The summed E-state index contributed by atoms with van der Waals surface area (Å²) in [6, 6.07) is 9.84. The number of rotatable bonds is 6. The molecule has 0 aromatic heterocycles. The third kappa shape index (κ3) is 5.18. The van der Waals surface area contributed by atoms with Crippen molar-refractivity contribution in [2.24, 2.45) is 5.92 Å². The smallest absolute Gasteiger partial charge is 0.406 e. The first-order chi connectivity index (χ1) is 15.2. The summed E-state index contributed by atoms with van der Waals surface area (Å²) in [6.45, 7) is 5.91. The molecule has 172 valence electrons. The van der Waals surface area contributed by atoms with Crippen LogP contribution >= 0.6 is 0 Å². The molecule has 0 spiro atoms. The van der Waals surface area contributed by atoms with Gasteiger partial charge in [-0.05, 0) is 79.7 Å². The van der Waals surface area contributed by atoms with E-state index in [1.807, 2.05) is 6.92 Å². The number of alkyl halides is 3. The lowest BCUT2D eigenvalue weighted by atomic mass is 9.97. The number of anilines is 1. The summed E-state index contributed by atoms with van der Waals surface area (Å²) < 4.78 is 41.0. The minimum Gasteiger partial charge on any atom is -0.406 e. The van der Waals surface area contributed by atoms with Crippen LogP contribution in [0.15, 0.2) is 36.4 Å². The maximum atomic E-state index is 13.0. The molecule has 0 aliphatic carbocycles. The van der Waals surface area contributed by atoms with E-state index in [0.717, 1.165) is 47.6 Å². The lowest BCUT2D eigenvalue weighted by molar-refractivity contribution is -0.274. The Balaban J connectivity index is 1.44. The summed E-state index contributed by atoms with van der Waals surface area (Å²) >= 11 is 0. The van der Waals surface area contributed by atoms with E-state index in [4.69, 9.17) is 0 Å². The Morgan fingerprint density at radius 3 is 2.50 bits per heavy atom. The number of halogens is 3. The Morgan fingerprint density at radius 1 is 1.16 bits per heavy atom. The van der Waals surface area contributed by atoms with Crippen LogP contribution < -0.4 is 15.0 Å². The molecule has 2 aliphatic heterocycles. The zero-order valence-corrected chi connectivity index (χ0v) is 18.3. The van der Waals surface area contributed by atoms with E-state index >= 15 is 0 Å². The number of hydrogen-bond donors (Lipinski definition) is 1. The number of hydrogen-bond acceptors (Lipinski definition) is 4. The molecule has 2 aliphatic rings. The van der Waals surface area contributed by atoms with E-state index in [1.165, 1.54) is 25.0 Å². The fourth-order valence-corrected chi connectivity index (χ4v) is 4.63. The SMILES string of the molecule is Cc1cc(N(C)CC2CCNCC2)cc2c1C(=O)N(Cc1ccc(OC(F)(F)F)cc1)C2. The molecule has 1 N–H and O–H groups in total. The second-order valence-corrected chi connectivity index (χ2v) is 8.72. The van der Waals surface area contributed by atoms with Crippen LogP contribution in [0.2, 0.25) is 0 Å². The van der Waals surface area contributed by atoms with Gasteiger partial charge in [0.05, 0.1) is 0 Å². The standard InChI is InChI=1S/C24H28F3N3O2/c1-16-11-20(29(2)13-18-7-9-28-10-8-18)12-19-15-30(23(31)22(16)19)14-17-3-5-21(6-4-17)32-24(25,26)27/h3-6,11-12,18,28H,7-10,13-15H2,1-2H3. The number of carbonyl (C=O) groups excluding carboxylic acids is 1. The van der Waals surface area contributed by atoms with Crippen molar-refractivity contribution in [2.45, 2.75) is 39.2 Å². The molecule has 32 heavy (non-hydrogen) atoms. The predicted octanol–water partition coefficient (Wildman–Crippen LogP) is 4.49. The van der Waals surface area contributed by atoms with E-state index < -0.39 is 6.36 Å². The predicted molar refractivity (Wildman–Crippen MR) is 117 cm³/mol. The molecule has 0 atom stereocenters.